The minimum absolute atomic E-state index is 0.110. The number of nitrogens with one attached hydrogen (secondary N) is 2. The van der Waals surface area contributed by atoms with Crippen LogP contribution in [0, 0.1) is 0 Å². The van der Waals surface area contributed by atoms with Gasteiger partial charge in [0.25, 0.3) is 0 Å². The molecule has 3 rings (SSSR count). The van der Waals surface area contributed by atoms with Crippen LogP contribution in [-0.4, -0.2) is 59.7 Å². The van der Waals surface area contributed by atoms with Crippen molar-refractivity contribution in [3.63, 3.8) is 0 Å². The Morgan fingerprint density at radius 3 is 2.58 bits per heavy atom. The van der Waals surface area contributed by atoms with E-state index in [1.54, 1.807) is 24.2 Å². The second-order valence-corrected chi connectivity index (χ2v) is 9.56. The Labute approximate surface area is 229 Å². The first-order valence-electron chi connectivity index (χ1n) is 12.6. The molecule has 0 fully saturated rings. The van der Waals surface area contributed by atoms with E-state index in [0.717, 1.165) is 23.4 Å². The zero-order valence-corrected chi connectivity index (χ0v) is 23.1. The predicted molar refractivity (Wildman–Crippen MR) is 155 cm³/mol. The molecule has 8 nitrogen and oxygen atoms in total. The second-order valence-electron chi connectivity index (χ2n) is 9.16. The maximum atomic E-state index is 12.8. The third-order valence-corrected chi connectivity index (χ3v) is 6.58. The zero-order chi connectivity index (χ0) is 27.7. The molecule has 0 spiro atoms. The van der Waals surface area contributed by atoms with Gasteiger partial charge in [-0.3, -0.25) is 19.5 Å². The molecular formula is C29H35ClN6O2. The molecule has 1 atom stereocenters. The number of aliphatic imine (C=N–C) groups is 1. The minimum Gasteiger partial charge on any atom is -0.360 e. The predicted octanol–water partition coefficient (Wildman–Crippen LogP) is 5.54. The lowest BCUT2D eigenvalue weighted by Gasteiger charge is -2.34. The number of halogens is 1. The summed E-state index contributed by atoms with van der Waals surface area (Å²) in [6.45, 7) is 11.0. The Balaban J connectivity index is 2.29. The average molecular weight is 535 g/mol. The van der Waals surface area contributed by atoms with Gasteiger partial charge >= 0.3 is 0 Å². The van der Waals surface area contributed by atoms with Crippen LogP contribution >= 0.6 is 11.6 Å². The van der Waals surface area contributed by atoms with Gasteiger partial charge in [-0.05, 0) is 49.1 Å². The number of carbonyl (C=O) groups is 2. The van der Waals surface area contributed by atoms with Crippen LogP contribution in [0.15, 0.2) is 66.3 Å². The van der Waals surface area contributed by atoms with E-state index in [1.807, 2.05) is 49.4 Å². The van der Waals surface area contributed by atoms with Crippen molar-refractivity contribution in [2.75, 3.05) is 25.0 Å². The molecule has 2 aromatic heterocycles. The van der Waals surface area contributed by atoms with Crippen molar-refractivity contribution in [1.82, 2.24) is 20.2 Å². The Kier molecular flexibility index (Phi) is 10.2. The quantitative estimate of drug-likeness (QED) is 0.130. The number of amides is 2. The highest BCUT2D eigenvalue weighted by molar-refractivity contribution is 6.33. The molecule has 2 heterocycles. The van der Waals surface area contributed by atoms with Crippen LogP contribution in [-0.2, 0) is 9.59 Å². The first kappa shape index (κ1) is 28.7. The fourth-order valence-electron chi connectivity index (χ4n) is 4.41. The molecule has 200 valence electrons. The van der Waals surface area contributed by atoms with Crippen LogP contribution in [0.2, 0.25) is 5.02 Å². The Morgan fingerprint density at radius 2 is 1.97 bits per heavy atom. The van der Waals surface area contributed by atoms with E-state index < -0.39 is 0 Å². The van der Waals surface area contributed by atoms with Gasteiger partial charge in [0.05, 0.1) is 22.0 Å². The molecule has 0 radical (unpaired) electrons. The topological polar surface area (TPSA) is 93.7 Å². The molecule has 0 bridgehead atoms. The molecule has 2 N–H and O–H groups in total. The van der Waals surface area contributed by atoms with E-state index in [1.165, 1.54) is 0 Å². The van der Waals surface area contributed by atoms with E-state index in [9.17, 15) is 9.59 Å². The standard InChI is InChI=1S/C29H35ClN6O2/c1-6-7-15-35(21(4)17-32-18-37)28(31-5)23-16-24(30)27(25-12-10-14-33-25)34-29(23)36(19-38)26-13-9-8-11-22(26)20(2)3/h6,8-14,16,18-21,33H,1,7,15,17H2,2-5H3,(H,32,37). The number of hydrogen-bond acceptors (Lipinski definition) is 4. The molecule has 1 aromatic carbocycles. The van der Waals surface area contributed by atoms with Gasteiger partial charge in [-0.25, -0.2) is 4.98 Å². The smallest absolute Gasteiger partial charge is 0.219 e. The number of rotatable bonds is 13. The van der Waals surface area contributed by atoms with Crippen molar-refractivity contribution in [3.8, 4) is 11.4 Å². The molecule has 38 heavy (non-hydrogen) atoms. The maximum absolute atomic E-state index is 12.8. The number of carbonyl (C=O) groups excluding carboxylic acids is 2. The fourth-order valence-corrected chi connectivity index (χ4v) is 4.66. The lowest BCUT2D eigenvalue weighted by molar-refractivity contribution is -0.109. The number of amidine groups is 1. The lowest BCUT2D eigenvalue weighted by atomic mass is 10.00. The number of H-pyrrole nitrogens is 1. The maximum Gasteiger partial charge on any atom is 0.219 e. The van der Waals surface area contributed by atoms with E-state index >= 15 is 0 Å². The first-order valence-corrected chi connectivity index (χ1v) is 12.9. The van der Waals surface area contributed by atoms with Crippen LogP contribution in [0.1, 0.15) is 44.2 Å². The highest BCUT2D eigenvalue weighted by Gasteiger charge is 2.28. The summed E-state index contributed by atoms with van der Waals surface area (Å²) in [5, 5.41) is 3.17. The van der Waals surface area contributed by atoms with E-state index in [0.29, 0.717) is 53.9 Å². The lowest BCUT2D eigenvalue weighted by Crippen LogP contribution is -2.45. The van der Waals surface area contributed by atoms with Crippen molar-refractivity contribution in [3.05, 3.63) is 77.5 Å². The van der Waals surface area contributed by atoms with Gasteiger partial charge in [0, 0.05) is 32.4 Å². The summed E-state index contributed by atoms with van der Waals surface area (Å²) in [5.41, 5.74) is 3.59. The third-order valence-electron chi connectivity index (χ3n) is 6.29. The number of nitrogens with zero attached hydrogens (tertiary/aromatic N) is 4. The summed E-state index contributed by atoms with van der Waals surface area (Å²) in [6.07, 6.45) is 5.77. The normalized spacial score (nSPS) is 12.2. The first-order chi connectivity index (χ1) is 18.4. The molecule has 2 amide bonds. The largest absolute Gasteiger partial charge is 0.360 e. The zero-order valence-electron chi connectivity index (χ0n) is 22.3. The van der Waals surface area contributed by atoms with Crippen LogP contribution in [0.25, 0.3) is 11.4 Å². The second kappa shape index (κ2) is 13.6. The van der Waals surface area contributed by atoms with E-state index in [4.69, 9.17) is 16.6 Å². The van der Waals surface area contributed by atoms with Gasteiger partial charge in [-0.2, -0.15) is 0 Å². The molecule has 0 aliphatic rings. The minimum atomic E-state index is -0.110. The van der Waals surface area contributed by atoms with Crippen LogP contribution in [0.5, 0.6) is 0 Å². The molecule has 0 saturated heterocycles. The number of pyridine rings is 1. The summed E-state index contributed by atoms with van der Waals surface area (Å²) in [4.78, 5) is 40.2. The molecular weight excluding hydrogens is 500 g/mol. The number of aromatic nitrogens is 2. The number of benzene rings is 1. The summed E-state index contributed by atoms with van der Waals surface area (Å²) < 4.78 is 0. The Morgan fingerprint density at radius 1 is 1.21 bits per heavy atom. The van der Waals surface area contributed by atoms with Crippen molar-refractivity contribution in [2.24, 2.45) is 4.99 Å². The molecule has 1 unspecified atom stereocenters. The Bertz CT molecular complexity index is 1270. The van der Waals surface area contributed by atoms with Crippen molar-refractivity contribution < 1.29 is 9.59 Å². The number of para-hydroxylation sites is 1. The molecule has 0 aliphatic heterocycles. The summed E-state index contributed by atoms with van der Waals surface area (Å²) in [6, 6.07) is 13.2. The van der Waals surface area contributed by atoms with Crippen LogP contribution < -0.4 is 10.2 Å². The van der Waals surface area contributed by atoms with Gasteiger partial charge in [-0.15, -0.1) is 6.58 Å². The molecule has 9 heteroatoms. The highest BCUT2D eigenvalue weighted by Crippen LogP contribution is 2.37. The number of aromatic amines is 1. The molecule has 0 aliphatic carbocycles. The summed E-state index contributed by atoms with van der Waals surface area (Å²) >= 11 is 6.80. The van der Waals surface area contributed by atoms with Gasteiger partial charge in [-0.1, -0.05) is 49.7 Å². The number of hydrogen-bond donors (Lipinski definition) is 2. The monoisotopic (exact) mass is 534 g/mol. The van der Waals surface area contributed by atoms with Crippen molar-refractivity contribution >= 4 is 41.8 Å². The van der Waals surface area contributed by atoms with Crippen molar-refractivity contribution in [2.45, 2.75) is 39.2 Å². The highest BCUT2D eigenvalue weighted by atomic mass is 35.5. The van der Waals surface area contributed by atoms with Crippen LogP contribution in [0.4, 0.5) is 11.5 Å². The average Bonchev–Trinajstić information content (AvgIpc) is 3.45. The van der Waals surface area contributed by atoms with Gasteiger partial charge < -0.3 is 15.2 Å². The van der Waals surface area contributed by atoms with Gasteiger partial charge in [0.2, 0.25) is 12.8 Å². The van der Waals surface area contributed by atoms with E-state index in [-0.39, 0.29) is 12.0 Å². The van der Waals surface area contributed by atoms with E-state index in [2.05, 4.69) is 40.6 Å². The Hall–Kier alpha value is -3.91. The third kappa shape index (κ3) is 6.31. The number of anilines is 2. The fraction of sp³-hybridized carbons (Fsp3) is 0.310. The molecule has 3 aromatic rings. The van der Waals surface area contributed by atoms with Gasteiger partial charge in [0.15, 0.2) is 5.82 Å². The SMILES string of the molecule is C=CCCN(C(=NC)c1cc(Cl)c(-c2ccc[nH]2)nc1N(C=O)c1ccccc1C(C)C)C(C)CNC=O. The van der Waals surface area contributed by atoms with Crippen LogP contribution in [0.3, 0.4) is 0 Å². The van der Waals surface area contributed by atoms with Crippen molar-refractivity contribution in [1.29, 1.82) is 0 Å². The summed E-state index contributed by atoms with van der Waals surface area (Å²) in [5.74, 6) is 1.18. The summed E-state index contributed by atoms with van der Waals surface area (Å²) in [7, 11) is 1.69. The molecule has 0 saturated carbocycles. The van der Waals surface area contributed by atoms with Gasteiger partial charge in [0.1, 0.15) is 11.5 Å².